The zero-order valence-corrected chi connectivity index (χ0v) is 18.6. The number of hydrogen-bond acceptors (Lipinski definition) is 4. The molecule has 5 rings (SSSR count). The summed E-state index contributed by atoms with van der Waals surface area (Å²) in [5.41, 5.74) is 4.46. The predicted molar refractivity (Wildman–Crippen MR) is 122 cm³/mol. The molecule has 1 saturated carbocycles. The van der Waals surface area contributed by atoms with E-state index in [2.05, 4.69) is 29.6 Å². The van der Waals surface area contributed by atoms with E-state index in [4.69, 9.17) is 4.74 Å². The van der Waals surface area contributed by atoms with Gasteiger partial charge in [-0.1, -0.05) is 48.5 Å². The number of benzene rings is 2. The van der Waals surface area contributed by atoms with Crippen molar-refractivity contribution in [1.29, 1.82) is 0 Å². The molecule has 2 fully saturated rings. The number of hydrogen-bond donors (Lipinski definition) is 2. The van der Waals surface area contributed by atoms with E-state index < -0.39 is 18.1 Å². The van der Waals surface area contributed by atoms with Crippen molar-refractivity contribution in [1.82, 2.24) is 10.2 Å². The molecular weight excluding hydrogens is 420 g/mol. The van der Waals surface area contributed by atoms with E-state index in [0.717, 1.165) is 22.3 Å². The lowest BCUT2D eigenvalue weighted by Crippen LogP contribution is -2.50. The normalized spacial score (nSPS) is 21.1. The Balaban J connectivity index is 1.14. The number of aliphatic carboxylic acids is 1. The van der Waals surface area contributed by atoms with Gasteiger partial charge in [0, 0.05) is 19.0 Å². The lowest BCUT2D eigenvalue weighted by Gasteiger charge is -2.34. The second kappa shape index (κ2) is 8.21. The highest BCUT2D eigenvalue weighted by Crippen LogP contribution is 2.59. The molecule has 3 aliphatic rings. The first-order chi connectivity index (χ1) is 15.9. The number of nitrogens with one attached hydrogen (secondary N) is 1. The maximum Gasteiger partial charge on any atom is 0.407 e. The summed E-state index contributed by atoms with van der Waals surface area (Å²) < 4.78 is 5.55. The van der Waals surface area contributed by atoms with Crippen LogP contribution in [0.2, 0.25) is 0 Å². The van der Waals surface area contributed by atoms with Crippen LogP contribution in [0, 0.1) is 11.3 Å². The Hall–Kier alpha value is -3.35. The highest BCUT2D eigenvalue weighted by Gasteiger charge is 2.59. The number of piperidine rings is 1. The van der Waals surface area contributed by atoms with E-state index in [1.54, 1.807) is 11.8 Å². The maximum absolute atomic E-state index is 12.8. The number of rotatable bonds is 5. The standard InChI is InChI=1S/C26H28N2O5/c1-16(23(29)28-12-10-26(11-13-28)14-22(26)24(30)31)27-25(32)33-15-21-19-8-4-2-6-17(19)18-7-3-5-9-20(18)21/h2-9,16,21-22H,10-15H2,1H3,(H,27,32)(H,30,31). The van der Waals surface area contributed by atoms with Crippen molar-refractivity contribution in [2.75, 3.05) is 19.7 Å². The van der Waals surface area contributed by atoms with Crippen LogP contribution in [0.1, 0.15) is 43.2 Å². The Morgan fingerprint density at radius 1 is 1.06 bits per heavy atom. The fourth-order valence-corrected chi connectivity index (χ4v) is 5.57. The number of amides is 2. The molecule has 2 amide bonds. The molecule has 33 heavy (non-hydrogen) atoms. The van der Waals surface area contributed by atoms with Gasteiger partial charge in [0.1, 0.15) is 12.6 Å². The number of carboxylic acid groups (broad SMARTS) is 1. The van der Waals surface area contributed by atoms with Gasteiger partial charge in [-0.3, -0.25) is 9.59 Å². The molecule has 1 heterocycles. The molecule has 2 N–H and O–H groups in total. The van der Waals surface area contributed by atoms with Crippen LogP contribution in [0.3, 0.4) is 0 Å². The first-order valence-electron chi connectivity index (χ1n) is 11.5. The first-order valence-corrected chi connectivity index (χ1v) is 11.5. The quantitative estimate of drug-likeness (QED) is 0.728. The topological polar surface area (TPSA) is 95.9 Å². The van der Waals surface area contributed by atoms with E-state index >= 15 is 0 Å². The van der Waals surface area contributed by atoms with E-state index in [1.807, 2.05) is 24.3 Å². The zero-order valence-electron chi connectivity index (χ0n) is 18.6. The van der Waals surface area contributed by atoms with Gasteiger partial charge in [-0.15, -0.1) is 0 Å². The van der Waals surface area contributed by atoms with Crippen molar-refractivity contribution in [3.8, 4) is 11.1 Å². The Morgan fingerprint density at radius 3 is 2.18 bits per heavy atom. The molecule has 0 bridgehead atoms. The molecule has 1 aliphatic heterocycles. The Bertz CT molecular complexity index is 1060. The van der Waals surface area contributed by atoms with Gasteiger partial charge in [0.25, 0.3) is 0 Å². The molecule has 1 spiro atoms. The van der Waals surface area contributed by atoms with E-state index in [0.29, 0.717) is 32.4 Å². The van der Waals surface area contributed by atoms with Crippen molar-refractivity contribution in [3.63, 3.8) is 0 Å². The van der Waals surface area contributed by atoms with Crippen LogP contribution in [0.4, 0.5) is 4.79 Å². The van der Waals surface area contributed by atoms with Crippen LogP contribution in [0.5, 0.6) is 0 Å². The third kappa shape index (κ3) is 3.86. The number of ether oxygens (including phenoxy) is 1. The monoisotopic (exact) mass is 448 g/mol. The Labute approximate surface area is 192 Å². The van der Waals surface area contributed by atoms with Gasteiger partial charge in [-0.05, 0) is 53.9 Å². The highest BCUT2D eigenvalue weighted by molar-refractivity contribution is 5.85. The summed E-state index contributed by atoms with van der Waals surface area (Å²) in [7, 11) is 0. The third-order valence-corrected chi connectivity index (χ3v) is 7.61. The molecule has 2 aromatic carbocycles. The van der Waals surface area contributed by atoms with E-state index in [9.17, 15) is 19.5 Å². The Morgan fingerprint density at radius 2 is 1.64 bits per heavy atom. The SMILES string of the molecule is CC(NC(=O)OCC1c2ccccc2-c2ccccc21)C(=O)N1CCC2(CC1)CC2C(=O)O. The van der Waals surface area contributed by atoms with Gasteiger partial charge in [0.05, 0.1) is 5.92 Å². The van der Waals surface area contributed by atoms with Gasteiger partial charge < -0.3 is 20.1 Å². The summed E-state index contributed by atoms with van der Waals surface area (Å²) >= 11 is 0. The molecule has 2 aliphatic carbocycles. The van der Waals surface area contributed by atoms with Crippen molar-refractivity contribution in [2.24, 2.45) is 11.3 Å². The van der Waals surface area contributed by atoms with Crippen molar-refractivity contribution in [3.05, 3.63) is 59.7 Å². The summed E-state index contributed by atoms with van der Waals surface area (Å²) in [4.78, 5) is 38.2. The maximum atomic E-state index is 12.8. The molecule has 7 heteroatoms. The molecule has 2 atom stereocenters. The largest absolute Gasteiger partial charge is 0.481 e. The summed E-state index contributed by atoms with van der Waals surface area (Å²) in [5, 5.41) is 11.9. The van der Waals surface area contributed by atoms with Crippen molar-refractivity contribution >= 4 is 18.0 Å². The first kappa shape index (κ1) is 21.5. The molecule has 2 aromatic rings. The fourth-order valence-electron chi connectivity index (χ4n) is 5.57. The molecular formula is C26H28N2O5. The van der Waals surface area contributed by atoms with E-state index in [-0.39, 0.29) is 29.8 Å². The minimum Gasteiger partial charge on any atom is -0.481 e. The van der Waals surface area contributed by atoms with Crippen LogP contribution < -0.4 is 5.32 Å². The van der Waals surface area contributed by atoms with Gasteiger partial charge in [0.2, 0.25) is 5.91 Å². The average molecular weight is 449 g/mol. The minimum atomic E-state index is -0.736. The smallest absolute Gasteiger partial charge is 0.407 e. The lowest BCUT2D eigenvalue weighted by atomic mass is 9.90. The van der Waals surface area contributed by atoms with E-state index in [1.165, 1.54) is 0 Å². The van der Waals surface area contributed by atoms with Crippen LogP contribution >= 0.6 is 0 Å². The minimum absolute atomic E-state index is 0.0341. The van der Waals surface area contributed by atoms with Crippen molar-refractivity contribution in [2.45, 2.75) is 38.1 Å². The summed E-state index contributed by atoms with van der Waals surface area (Å²) in [6, 6.07) is 15.6. The molecule has 172 valence electrons. The number of fused-ring (bicyclic) bond motifs is 3. The predicted octanol–water partition coefficient (Wildman–Crippen LogP) is 3.63. The van der Waals surface area contributed by atoms with Gasteiger partial charge in [-0.25, -0.2) is 4.79 Å². The second-order valence-corrected chi connectivity index (χ2v) is 9.47. The highest BCUT2D eigenvalue weighted by atomic mass is 16.5. The van der Waals surface area contributed by atoms with Crippen molar-refractivity contribution < 1.29 is 24.2 Å². The van der Waals surface area contributed by atoms with Crippen LogP contribution in [0.25, 0.3) is 11.1 Å². The number of carbonyl (C=O) groups is 3. The molecule has 0 aromatic heterocycles. The number of likely N-dealkylation sites (tertiary alicyclic amines) is 1. The summed E-state index contributed by atoms with van der Waals surface area (Å²) in [6.07, 6.45) is 1.50. The molecule has 7 nitrogen and oxygen atoms in total. The van der Waals surface area contributed by atoms with Gasteiger partial charge in [0.15, 0.2) is 0 Å². The third-order valence-electron chi connectivity index (χ3n) is 7.61. The zero-order chi connectivity index (χ0) is 23.2. The molecule has 0 radical (unpaired) electrons. The average Bonchev–Trinajstić information content (AvgIpc) is 3.43. The van der Waals surface area contributed by atoms with Crippen LogP contribution in [-0.2, 0) is 14.3 Å². The number of carboxylic acids is 1. The van der Waals surface area contributed by atoms with Crippen LogP contribution in [-0.4, -0.2) is 53.7 Å². The number of nitrogens with zero attached hydrogens (tertiary/aromatic N) is 1. The molecule has 2 unspecified atom stereocenters. The lowest BCUT2D eigenvalue weighted by molar-refractivity contribution is -0.140. The number of alkyl carbamates (subject to hydrolysis) is 1. The summed E-state index contributed by atoms with van der Waals surface area (Å²) in [5.74, 6) is -1.20. The fraction of sp³-hybridized carbons (Fsp3) is 0.423. The van der Waals surface area contributed by atoms with Crippen LogP contribution in [0.15, 0.2) is 48.5 Å². The molecule has 1 saturated heterocycles. The van der Waals surface area contributed by atoms with Gasteiger partial charge >= 0.3 is 12.1 Å². The summed E-state index contributed by atoms with van der Waals surface area (Å²) in [6.45, 7) is 2.91. The van der Waals surface area contributed by atoms with Gasteiger partial charge in [-0.2, -0.15) is 0 Å². The Kier molecular flexibility index (Phi) is 5.35. The number of carbonyl (C=O) groups excluding carboxylic acids is 2. The second-order valence-electron chi connectivity index (χ2n) is 9.47.